The maximum atomic E-state index is 11.1. The van der Waals surface area contributed by atoms with Crippen LogP contribution in [0.25, 0.3) is 0 Å². The number of rotatable bonds is 2. The molecule has 0 unspecified atom stereocenters. The molecule has 0 radical (unpaired) electrons. The molecule has 1 aromatic rings. The number of methoxy groups -OCH3 is 1. The van der Waals surface area contributed by atoms with Crippen LogP contribution in [0.1, 0.15) is 5.69 Å². The Hall–Kier alpha value is -1.85. The third-order valence-electron chi connectivity index (χ3n) is 2.47. The van der Waals surface area contributed by atoms with Crippen LogP contribution in [0.5, 0.6) is 0 Å². The van der Waals surface area contributed by atoms with Crippen molar-refractivity contribution >= 4 is 11.9 Å². The fraction of sp³-hybridized carbons (Fsp3) is 0.500. The molecule has 0 bridgehead atoms. The predicted molar refractivity (Wildman–Crippen MR) is 58.2 cm³/mol. The molecule has 16 heavy (non-hydrogen) atoms. The first-order valence-corrected chi connectivity index (χ1v) is 5.07. The van der Waals surface area contributed by atoms with E-state index in [0.717, 1.165) is 11.5 Å². The number of ether oxygens (including phenoxy) is 1. The van der Waals surface area contributed by atoms with Crippen LogP contribution in [0, 0.1) is 6.92 Å². The maximum Gasteiger partial charge on any atom is 0.409 e. The van der Waals surface area contributed by atoms with Crippen molar-refractivity contribution in [2.45, 2.75) is 13.0 Å². The van der Waals surface area contributed by atoms with Gasteiger partial charge >= 0.3 is 6.09 Å². The number of hydrogen-bond donors (Lipinski definition) is 1. The number of anilines is 1. The molecule has 0 saturated carbocycles. The third-order valence-corrected chi connectivity index (χ3v) is 2.47. The Morgan fingerprint density at radius 2 is 2.31 bits per heavy atom. The van der Waals surface area contributed by atoms with Crippen molar-refractivity contribution in [3.8, 4) is 0 Å². The highest BCUT2D eigenvalue weighted by Gasteiger charge is 2.31. The Bertz CT molecular complexity index is 390. The van der Waals surface area contributed by atoms with Crippen molar-refractivity contribution in [1.29, 1.82) is 0 Å². The fourth-order valence-corrected chi connectivity index (χ4v) is 1.59. The number of carbonyl (C=O) groups excluding carboxylic acids is 1. The van der Waals surface area contributed by atoms with Crippen LogP contribution < -0.4 is 5.32 Å². The summed E-state index contributed by atoms with van der Waals surface area (Å²) in [5, 5.41) is 3.23. The molecule has 1 saturated heterocycles. The lowest BCUT2D eigenvalue weighted by Gasteiger charge is -2.38. The van der Waals surface area contributed by atoms with E-state index in [0.29, 0.717) is 13.1 Å². The van der Waals surface area contributed by atoms with Crippen LogP contribution in [0.2, 0.25) is 0 Å². The van der Waals surface area contributed by atoms with Crippen LogP contribution >= 0.6 is 0 Å². The summed E-state index contributed by atoms with van der Waals surface area (Å²) in [7, 11) is 1.39. The van der Waals surface area contributed by atoms with Gasteiger partial charge in [-0.25, -0.2) is 14.8 Å². The summed E-state index contributed by atoms with van der Waals surface area (Å²) in [6.07, 6.45) is 1.24. The molecule has 0 aromatic carbocycles. The van der Waals surface area contributed by atoms with Gasteiger partial charge in [-0.15, -0.1) is 0 Å². The third kappa shape index (κ3) is 2.21. The quantitative estimate of drug-likeness (QED) is 0.795. The van der Waals surface area contributed by atoms with Gasteiger partial charge in [0.05, 0.1) is 13.2 Å². The van der Waals surface area contributed by atoms with Crippen molar-refractivity contribution < 1.29 is 9.53 Å². The Kier molecular flexibility index (Phi) is 2.89. The standard InChI is InChI=1S/C10H14N4O2/c1-7-3-9(12-6-11-7)13-8-4-14(5-8)10(15)16-2/h3,6,8H,4-5H2,1-2H3,(H,11,12,13). The van der Waals surface area contributed by atoms with Crippen LogP contribution in [0.3, 0.4) is 0 Å². The summed E-state index contributed by atoms with van der Waals surface area (Å²) in [4.78, 5) is 20.8. The van der Waals surface area contributed by atoms with E-state index in [1.807, 2.05) is 13.0 Å². The zero-order valence-corrected chi connectivity index (χ0v) is 9.30. The zero-order valence-electron chi connectivity index (χ0n) is 9.30. The minimum atomic E-state index is -0.281. The first-order valence-electron chi connectivity index (χ1n) is 5.07. The molecular formula is C10H14N4O2. The van der Waals surface area contributed by atoms with Crippen LogP contribution in [0.4, 0.5) is 10.6 Å². The molecule has 1 amide bonds. The summed E-state index contributed by atoms with van der Waals surface area (Å²) in [5.74, 6) is 0.794. The van der Waals surface area contributed by atoms with E-state index in [9.17, 15) is 4.79 Å². The molecule has 0 aliphatic carbocycles. The van der Waals surface area contributed by atoms with Gasteiger partial charge < -0.3 is 15.0 Å². The maximum absolute atomic E-state index is 11.1. The van der Waals surface area contributed by atoms with E-state index in [2.05, 4.69) is 20.0 Å². The SMILES string of the molecule is COC(=O)N1CC(Nc2cc(C)ncn2)C1. The normalized spacial score (nSPS) is 15.5. The van der Waals surface area contributed by atoms with Gasteiger partial charge in [0.1, 0.15) is 12.1 Å². The van der Waals surface area contributed by atoms with Gasteiger partial charge in [-0.3, -0.25) is 0 Å². The molecule has 6 nitrogen and oxygen atoms in total. The minimum absolute atomic E-state index is 0.244. The van der Waals surface area contributed by atoms with E-state index in [4.69, 9.17) is 0 Å². The zero-order chi connectivity index (χ0) is 11.5. The van der Waals surface area contributed by atoms with Crippen molar-refractivity contribution in [1.82, 2.24) is 14.9 Å². The number of aromatic nitrogens is 2. The Morgan fingerprint density at radius 1 is 1.56 bits per heavy atom. The van der Waals surface area contributed by atoms with Crippen molar-refractivity contribution in [2.24, 2.45) is 0 Å². The number of carbonyl (C=O) groups is 1. The van der Waals surface area contributed by atoms with Gasteiger partial charge in [0.15, 0.2) is 0 Å². The van der Waals surface area contributed by atoms with Gasteiger partial charge in [-0.2, -0.15) is 0 Å². The van der Waals surface area contributed by atoms with Gasteiger partial charge in [0.25, 0.3) is 0 Å². The van der Waals surface area contributed by atoms with E-state index in [-0.39, 0.29) is 12.1 Å². The fourth-order valence-electron chi connectivity index (χ4n) is 1.59. The number of nitrogens with one attached hydrogen (secondary N) is 1. The summed E-state index contributed by atoms with van der Waals surface area (Å²) < 4.78 is 4.61. The molecule has 1 N–H and O–H groups in total. The average Bonchev–Trinajstić information content (AvgIpc) is 2.22. The summed E-state index contributed by atoms with van der Waals surface area (Å²) in [6.45, 7) is 3.21. The monoisotopic (exact) mass is 222 g/mol. The topological polar surface area (TPSA) is 67.3 Å². The first-order chi connectivity index (χ1) is 7.69. The van der Waals surface area contributed by atoms with Crippen LogP contribution in [-0.4, -0.2) is 47.2 Å². The highest BCUT2D eigenvalue weighted by atomic mass is 16.5. The average molecular weight is 222 g/mol. The molecule has 1 aliphatic heterocycles. The van der Waals surface area contributed by atoms with Gasteiger partial charge in [-0.1, -0.05) is 0 Å². The molecule has 1 aromatic heterocycles. The molecule has 1 fully saturated rings. The second kappa shape index (κ2) is 4.34. The largest absolute Gasteiger partial charge is 0.453 e. The van der Waals surface area contributed by atoms with Gasteiger partial charge in [0.2, 0.25) is 0 Å². The second-order valence-electron chi connectivity index (χ2n) is 3.76. The molecule has 86 valence electrons. The molecule has 1 aliphatic rings. The Balaban J connectivity index is 1.84. The number of amides is 1. The first kappa shape index (κ1) is 10.7. The van der Waals surface area contributed by atoms with Gasteiger partial charge in [0, 0.05) is 24.8 Å². The van der Waals surface area contributed by atoms with Gasteiger partial charge in [-0.05, 0) is 6.92 Å². The molecule has 0 spiro atoms. The Morgan fingerprint density at radius 3 is 2.94 bits per heavy atom. The lowest BCUT2D eigenvalue weighted by Crippen LogP contribution is -2.57. The molecule has 2 heterocycles. The second-order valence-corrected chi connectivity index (χ2v) is 3.76. The van der Waals surface area contributed by atoms with Crippen LogP contribution in [-0.2, 0) is 4.74 Å². The molecule has 2 rings (SSSR count). The van der Waals surface area contributed by atoms with Crippen molar-refractivity contribution in [3.63, 3.8) is 0 Å². The summed E-state index contributed by atoms with van der Waals surface area (Å²) in [6, 6.07) is 2.12. The number of likely N-dealkylation sites (tertiary alicyclic amines) is 1. The van der Waals surface area contributed by atoms with E-state index in [1.165, 1.54) is 13.4 Å². The molecular weight excluding hydrogens is 208 g/mol. The predicted octanol–water partition coefficient (Wildman–Crippen LogP) is 0.648. The lowest BCUT2D eigenvalue weighted by molar-refractivity contribution is 0.0929. The molecule has 6 heteroatoms. The number of hydrogen-bond acceptors (Lipinski definition) is 5. The van der Waals surface area contributed by atoms with Crippen molar-refractivity contribution in [2.75, 3.05) is 25.5 Å². The minimum Gasteiger partial charge on any atom is -0.453 e. The van der Waals surface area contributed by atoms with Crippen molar-refractivity contribution in [3.05, 3.63) is 18.1 Å². The van der Waals surface area contributed by atoms with E-state index in [1.54, 1.807) is 4.90 Å². The van der Waals surface area contributed by atoms with Crippen LogP contribution in [0.15, 0.2) is 12.4 Å². The Labute approximate surface area is 93.6 Å². The lowest BCUT2D eigenvalue weighted by atomic mass is 10.1. The van der Waals surface area contributed by atoms with E-state index >= 15 is 0 Å². The highest BCUT2D eigenvalue weighted by molar-refractivity contribution is 5.69. The molecule has 0 atom stereocenters. The summed E-state index contributed by atoms with van der Waals surface area (Å²) >= 11 is 0. The van der Waals surface area contributed by atoms with E-state index < -0.39 is 0 Å². The highest BCUT2D eigenvalue weighted by Crippen LogP contribution is 2.14. The number of aryl methyl sites for hydroxylation is 1. The number of nitrogens with zero attached hydrogens (tertiary/aromatic N) is 3. The smallest absolute Gasteiger partial charge is 0.409 e. The summed E-state index contributed by atoms with van der Waals surface area (Å²) in [5.41, 5.74) is 0.918.